The van der Waals surface area contributed by atoms with Gasteiger partial charge in [0.2, 0.25) is 0 Å². The number of benzene rings is 14. The number of nitrogens with zero attached hydrogens (tertiary/aromatic N) is 4. The van der Waals surface area contributed by atoms with Gasteiger partial charge in [-0.1, -0.05) is 274 Å². The standard InChI is InChI=1S/2C40H33FNO.C23H24N.C19H16N.2Ir/c2*1-24-19-28(26-15-17-40(3,41)18-16-26)13-14-30(24)34-21-37(42-23-25(34)2)33-10-6-9-32-36-20-29-12-11-27-7-4-5-8-31(27)35(29)22-38(36)43-39(32)33;1-17-10-12-20(14-21(17)19-8-6-5-7-9-19)22-13-11-18(16-24-22)15-23(2,3)4;1-14-8-11-19(20-13-14)17-10-9-15(2)18(12-17)16-6-4-3-5-7-16;;/h2*4-9,11-14,19-23,26H,15-18H2,1-3H3;5-11,13-14,16H,15H2,1-4H3;3-9,11-13H,1-2H3;;/q4*-1;;/i2*1D3,2D3,26D;1D3,15D2;1D3,2D3;;. The van der Waals surface area contributed by atoms with Crippen LogP contribution >= 0.6 is 0 Å². The fourth-order valence-electron chi connectivity index (χ4n) is 17.8. The Labute approximate surface area is 836 Å². The van der Waals surface area contributed by atoms with Gasteiger partial charge in [-0.25, -0.2) is 8.78 Å². The first-order valence-corrected chi connectivity index (χ1v) is 43.5. The number of alkyl halides is 2. The molecule has 2 fully saturated rings. The maximum atomic E-state index is 14.7. The molecule has 20 aromatic rings. The molecule has 6 heterocycles. The Hall–Kier alpha value is -12.5. The van der Waals surface area contributed by atoms with Gasteiger partial charge in [-0.15, -0.1) is 95.1 Å². The molecule has 0 saturated heterocycles. The van der Waals surface area contributed by atoms with Crippen LogP contribution in [-0.4, -0.2) is 31.3 Å². The van der Waals surface area contributed by atoms with E-state index in [4.69, 9.17) is 43.1 Å². The molecule has 0 unspecified atom stereocenters. The van der Waals surface area contributed by atoms with Crippen LogP contribution in [0.2, 0.25) is 0 Å². The summed E-state index contributed by atoms with van der Waals surface area (Å²) in [5, 5.41) is 12.2. The van der Waals surface area contributed by atoms with Crippen molar-refractivity contribution in [2.45, 2.75) is 163 Å². The number of hydrogen-bond donors (Lipinski definition) is 0. The predicted molar refractivity (Wildman–Crippen MR) is 538 cm³/mol. The fraction of sp³-hybridized carbons (Fsp3) is 0.213. The summed E-state index contributed by atoms with van der Waals surface area (Å²) in [5.41, 5.74) is 8.74. The molecule has 662 valence electrons. The van der Waals surface area contributed by atoms with E-state index in [1.54, 1.807) is 85.1 Å². The molecular weight excluding hydrogens is 1980 g/mol. The van der Waals surface area contributed by atoms with E-state index >= 15 is 0 Å². The summed E-state index contributed by atoms with van der Waals surface area (Å²) in [7, 11) is 0. The summed E-state index contributed by atoms with van der Waals surface area (Å²) in [5.74, 6) is -2.30. The zero-order valence-electron chi connectivity index (χ0n) is 98.1. The quantitative estimate of drug-likeness (QED) is 0.0948. The van der Waals surface area contributed by atoms with Crippen molar-refractivity contribution in [2.75, 3.05) is 0 Å². The van der Waals surface area contributed by atoms with Gasteiger partial charge < -0.3 is 28.8 Å². The third kappa shape index (κ3) is 19.4. The van der Waals surface area contributed by atoms with Crippen LogP contribution in [0.25, 0.3) is 177 Å². The minimum absolute atomic E-state index is 0. The molecule has 0 bridgehead atoms. The third-order valence-electron chi connectivity index (χ3n) is 24.8. The second-order valence-electron chi connectivity index (χ2n) is 35.2. The Kier molecular flexibility index (Phi) is 18.9. The first kappa shape index (κ1) is 65.1. The first-order valence-electron chi connectivity index (χ1n) is 56.0. The van der Waals surface area contributed by atoms with Crippen molar-refractivity contribution >= 4 is 87.0 Å². The average molecular weight is 2110 g/mol. The topological polar surface area (TPSA) is 77.8 Å². The molecule has 132 heavy (non-hydrogen) atoms. The van der Waals surface area contributed by atoms with Crippen molar-refractivity contribution in [3.63, 3.8) is 0 Å². The maximum Gasteiger partial charge on any atom is 0.121 e. The van der Waals surface area contributed by atoms with E-state index in [1.165, 1.54) is 62.8 Å². The molecule has 0 spiro atoms. The number of hydrogen-bond acceptors (Lipinski definition) is 6. The molecule has 2 aliphatic carbocycles. The van der Waals surface area contributed by atoms with Gasteiger partial charge in [-0.05, 0) is 291 Å². The van der Waals surface area contributed by atoms with Crippen LogP contribution in [0.15, 0.2) is 313 Å². The summed E-state index contributed by atoms with van der Waals surface area (Å²) in [6, 6.07) is 97.4. The van der Waals surface area contributed by atoms with Crippen LogP contribution in [0.1, 0.15) is 188 Å². The fourth-order valence-corrected chi connectivity index (χ4v) is 17.8. The summed E-state index contributed by atoms with van der Waals surface area (Å²) >= 11 is 0. The summed E-state index contributed by atoms with van der Waals surface area (Å²) in [6.07, 6.45) is 5.72. The largest absolute Gasteiger partial charge is 0.501 e. The van der Waals surface area contributed by atoms with Crippen molar-refractivity contribution in [3.8, 4) is 89.5 Å². The van der Waals surface area contributed by atoms with Crippen molar-refractivity contribution in [1.82, 2.24) is 19.9 Å². The van der Waals surface area contributed by atoms with Crippen molar-refractivity contribution in [2.24, 2.45) is 5.41 Å². The summed E-state index contributed by atoms with van der Waals surface area (Å²) in [4.78, 5) is 17.8. The number of pyridine rings is 4. The van der Waals surface area contributed by atoms with Gasteiger partial charge in [0.25, 0.3) is 0 Å². The second kappa shape index (κ2) is 38.4. The third-order valence-corrected chi connectivity index (χ3v) is 24.8. The van der Waals surface area contributed by atoms with Gasteiger partial charge in [0.15, 0.2) is 0 Å². The summed E-state index contributed by atoms with van der Waals surface area (Å²) < 4.78 is 247. The van der Waals surface area contributed by atoms with E-state index < -0.39 is 82.9 Å². The van der Waals surface area contributed by atoms with E-state index in [2.05, 4.69) is 105 Å². The predicted octanol–water partition coefficient (Wildman–Crippen LogP) is 33.8. The van der Waals surface area contributed by atoms with Gasteiger partial charge in [0, 0.05) is 110 Å². The van der Waals surface area contributed by atoms with Crippen LogP contribution in [0, 0.1) is 77.6 Å². The number of aryl methyl sites for hydroxylation is 7. The van der Waals surface area contributed by atoms with Gasteiger partial charge in [0.1, 0.15) is 22.5 Å². The second-order valence-corrected chi connectivity index (χ2v) is 35.2. The minimum atomic E-state index is -2.63. The SMILES string of the molecule is [2H]C([2H])([2H])c1c[c-]c(-c2ccc(C([2H])([2H])C(C)(C)C)cn2)cc1-c1ccccc1.[2H]C([2H])([2H])c1ccc(-c2[c-]cc(C([2H])([2H])[2H])c(-c3ccccc3)c2)nc1.[2H]C([2H])([2H])c1cnc(-c2[c-]ccc3c2oc2cc4c(ccc5ccccc54)cc23)cc1-c1ccc(C2([2H])CCC(C)(F)CC2)cc1C([2H])([2H])[2H].[2H]C([2H])([2H])c1cnc(-c2[c-]ccc3c2oc2cc4c(ccc5ccccc54)cc23)cc1-c1ccc(C2([2H])CCC(C)(F)CC2)cc1C([2H])([2H])[2H].[Ir].[Ir]. The van der Waals surface area contributed by atoms with Gasteiger partial charge in [-0.2, -0.15) is 0 Å². The Morgan fingerprint density at radius 2 is 0.795 bits per heavy atom. The molecule has 0 aliphatic heterocycles. The first-order chi connectivity index (χ1) is 72.8. The Balaban J connectivity index is 0.000000146. The Morgan fingerprint density at radius 1 is 0.371 bits per heavy atom. The average Bonchev–Trinajstić information content (AvgIpc) is 1.57. The molecule has 2 radical (unpaired) electrons. The molecule has 2 saturated carbocycles. The monoisotopic (exact) mass is 2110 g/mol. The van der Waals surface area contributed by atoms with Crippen LogP contribution < -0.4 is 0 Å². The molecule has 22 rings (SSSR count). The number of aromatic nitrogens is 4. The van der Waals surface area contributed by atoms with Crippen molar-refractivity contribution in [3.05, 3.63) is 384 Å². The Bertz CT molecular complexity index is 8410. The maximum absolute atomic E-state index is 14.7. The van der Waals surface area contributed by atoms with Crippen LogP contribution in [0.5, 0.6) is 0 Å². The zero-order valence-corrected chi connectivity index (χ0v) is 77.8. The van der Waals surface area contributed by atoms with E-state index in [0.717, 1.165) is 75.8 Å². The van der Waals surface area contributed by atoms with E-state index in [9.17, 15) is 8.78 Å². The van der Waals surface area contributed by atoms with Gasteiger partial charge in [-0.3, -0.25) is 0 Å². The van der Waals surface area contributed by atoms with Crippen molar-refractivity contribution < 1.29 is 92.1 Å². The van der Waals surface area contributed by atoms with Crippen LogP contribution in [-0.2, 0) is 46.6 Å². The van der Waals surface area contributed by atoms with Gasteiger partial charge >= 0.3 is 0 Å². The molecule has 0 amide bonds. The number of fused-ring (bicyclic) bond motifs is 12. The number of furan rings is 2. The molecule has 0 N–H and O–H groups in total. The van der Waals surface area contributed by atoms with E-state index in [-0.39, 0.29) is 153 Å². The molecular formula is C122H106F2Ir2N4O2-4. The summed E-state index contributed by atoms with van der Waals surface area (Å²) in [6.45, 7) is -8.55. The minimum Gasteiger partial charge on any atom is -0.501 e. The van der Waals surface area contributed by atoms with Crippen molar-refractivity contribution in [1.29, 1.82) is 0 Å². The molecule has 6 aromatic heterocycles. The normalized spacial score (nSPS) is 20.8. The number of rotatable bonds is 11. The molecule has 0 atom stereocenters. The van der Waals surface area contributed by atoms with Gasteiger partial charge in [0.05, 0.1) is 11.2 Å². The molecule has 14 aromatic carbocycles. The molecule has 6 nitrogen and oxygen atoms in total. The smallest absolute Gasteiger partial charge is 0.121 e. The van der Waals surface area contributed by atoms with E-state index in [0.29, 0.717) is 95.2 Å². The van der Waals surface area contributed by atoms with Crippen LogP contribution in [0.3, 0.4) is 0 Å². The Morgan fingerprint density at radius 3 is 1.21 bits per heavy atom. The van der Waals surface area contributed by atoms with Crippen LogP contribution in [0.4, 0.5) is 8.78 Å². The number of halogens is 2. The molecule has 2 aliphatic rings. The van der Waals surface area contributed by atoms with E-state index in [1.807, 2.05) is 130 Å². The molecule has 10 heteroatoms. The zero-order chi connectivity index (χ0) is 111.